The molecule has 116 valence electrons. The summed E-state index contributed by atoms with van der Waals surface area (Å²) in [6.45, 7) is 5.52. The summed E-state index contributed by atoms with van der Waals surface area (Å²) in [4.78, 5) is 15.1. The van der Waals surface area contributed by atoms with E-state index < -0.39 is 0 Å². The summed E-state index contributed by atoms with van der Waals surface area (Å²) >= 11 is 0. The van der Waals surface area contributed by atoms with Gasteiger partial charge >= 0.3 is 0 Å². The molecule has 0 atom stereocenters. The number of hydrogen-bond acceptors (Lipinski definition) is 2. The van der Waals surface area contributed by atoms with Gasteiger partial charge in [-0.3, -0.25) is 4.79 Å². The maximum atomic E-state index is 13.0. The predicted molar refractivity (Wildman–Crippen MR) is 87.5 cm³/mol. The maximum Gasteiger partial charge on any atom is 0.254 e. The first kappa shape index (κ1) is 16.0. The van der Waals surface area contributed by atoms with E-state index in [1.165, 1.54) is 24.8 Å². The van der Waals surface area contributed by atoms with E-state index in [2.05, 4.69) is 17.9 Å². The van der Waals surface area contributed by atoms with Gasteiger partial charge in [-0.05, 0) is 51.3 Å². The van der Waals surface area contributed by atoms with Gasteiger partial charge in [0.1, 0.15) is 0 Å². The van der Waals surface area contributed by atoms with Gasteiger partial charge in [-0.25, -0.2) is 0 Å². The highest BCUT2D eigenvalue weighted by Gasteiger charge is 2.26. The van der Waals surface area contributed by atoms with Crippen molar-refractivity contribution in [2.24, 2.45) is 5.73 Å². The molecule has 1 aromatic rings. The van der Waals surface area contributed by atoms with Gasteiger partial charge in [-0.1, -0.05) is 37.0 Å². The van der Waals surface area contributed by atoms with Crippen molar-refractivity contribution >= 4 is 5.91 Å². The number of carbonyl (C=O) groups excluding carboxylic acids is 1. The first-order valence-electron chi connectivity index (χ1n) is 8.21. The van der Waals surface area contributed by atoms with Crippen LogP contribution < -0.4 is 5.73 Å². The van der Waals surface area contributed by atoms with Crippen molar-refractivity contribution in [3.8, 4) is 0 Å². The summed E-state index contributed by atoms with van der Waals surface area (Å²) in [5.41, 5.74) is 8.79. The van der Waals surface area contributed by atoms with Crippen molar-refractivity contribution in [2.45, 2.75) is 58.4 Å². The predicted octanol–water partition coefficient (Wildman–Crippen LogP) is 3.43. The van der Waals surface area contributed by atoms with E-state index in [0.29, 0.717) is 12.6 Å². The number of nitrogens with zero attached hydrogens (tertiary/aromatic N) is 1. The zero-order chi connectivity index (χ0) is 15.2. The Labute approximate surface area is 128 Å². The highest BCUT2D eigenvalue weighted by atomic mass is 16.2. The van der Waals surface area contributed by atoms with E-state index >= 15 is 0 Å². The Balaban J connectivity index is 2.19. The Kier molecular flexibility index (Phi) is 5.80. The van der Waals surface area contributed by atoms with Crippen LogP contribution >= 0.6 is 0 Å². The van der Waals surface area contributed by atoms with Crippen LogP contribution in [0.2, 0.25) is 0 Å². The molecule has 0 unspecified atom stereocenters. The molecule has 21 heavy (non-hydrogen) atoms. The smallest absolute Gasteiger partial charge is 0.254 e. The standard InChI is InChI=1S/C18H28N2O/c1-14-9-10-17(15(2)13-14)18(21)20(12-6-11-19)16-7-4-3-5-8-16/h9-10,13,16H,3-8,11-12,19H2,1-2H3. The normalized spacial score (nSPS) is 16.0. The fraction of sp³-hybridized carbons (Fsp3) is 0.611. The van der Waals surface area contributed by atoms with Gasteiger partial charge in [0.25, 0.3) is 5.91 Å². The lowest BCUT2D eigenvalue weighted by atomic mass is 9.93. The molecule has 1 aliphatic rings. The molecule has 3 heteroatoms. The van der Waals surface area contributed by atoms with Crippen LogP contribution in [0.3, 0.4) is 0 Å². The summed E-state index contributed by atoms with van der Waals surface area (Å²) in [5.74, 6) is 0.188. The number of benzene rings is 1. The van der Waals surface area contributed by atoms with Crippen molar-refractivity contribution in [1.29, 1.82) is 0 Å². The van der Waals surface area contributed by atoms with E-state index in [1.54, 1.807) is 0 Å². The minimum absolute atomic E-state index is 0.188. The van der Waals surface area contributed by atoms with Crippen molar-refractivity contribution in [1.82, 2.24) is 4.90 Å². The van der Waals surface area contributed by atoms with E-state index in [-0.39, 0.29) is 5.91 Å². The first-order valence-corrected chi connectivity index (χ1v) is 8.21. The Morgan fingerprint density at radius 2 is 1.95 bits per heavy atom. The lowest BCUT2D eigenvalue weighted by Gasteiger charge is -2.35. The van der Waals surface area contributed by atoms with Crippen molar-refractivity contribution < 1.29 is 4.79 Å². The number of hydrogen-bond donors (Lipinski definition) is 1. The highest BCUT2D eigenvalue weighted by Crippen LogP contribution is 2.25. The molecular formula is C18H28N2O. The van der Waals surface area contributed by atoms with Crippen LogP contribution in [-0.2, 0) is 0 Å². The molecule has 0 radical (unpaired) electrons. The van der Waals surface area contributed by atoms with Crippen LogP contribution in [0.5, 0.6) is 0 Å². The molecule has 0 heterocycles. The second kappa shape index (κ2) is 7.60. The molecular weight excluding hydrogens is 260 g/mol. The van der Waals surface area contributed by atoms with Gasteiger partial charge in [0.05, 0.1) is 0 Å². The molecule has 2 rings (SSSR count). The third-order valence-corrected chi connectivity index (χ3v) is 4.49. The highest BCUT2D eigenvalue weighted by molar-refractivity contribution is 5.96. The lowest BCUT2D eigenvalue weighted by Crippen LogP contribution is -2.42. The van der Waals surface area contributed by atoms with Crippen molar-refractivity contribution in [3.05, 3.63) is 34.9 Å². The molecule has 0 aliphatic heterocycles. The van der Waals surface area contributed by atoms with Crippen molar-refractivity contribution in [3.63, 3.8) is 0 Å². The van der Waals surface area contributed by atoms with Crippen LogP contribution in [0.1, 0.15) is 60.0 Å². The Morgan fingerprint density at radius 3 is 2.57 bits per heavy atom. The fourth-order valence-electron chi connectivity index (χ4n) is 3.31. The van der Waals surface area contributed by atoms with Crippen LogP contribution in [0, 0.1) is 13.8 Å². The minimum Gasteiger partial charge on any atom is -0.336 e. The molecule has 1 saturated carbocycles. The van der Waals surface area contributed by atoms with E-state index in [4.69, 9.17) is 5.73 Å². The molecule has 0 saturated heterocycles. The van der Waals surface area contributed by atoms with E-state index in [0.717, 1.165) is 36.9 Å². The molecule has 1 aliphatic carbocycles. The molecule has 3 nitrogen and oxygen atoms in total. The summed E-state index contributed by atoms with van der Waals surface area (Å²) in [7, 11) is 0. The topological polar surface area (TPSA) is 46.3 Å². The van der Waals surface area contributed by atoms with Gasteiger partial charge in [0, 0.05) is 18.2 Å². The zero-order valence-corrected chi connectivity index (χ0v) is 13.4. The average Bonchev–Trinajstić information content (AvgIpc) is 2.48. The Bertz CT molecular complexity index is 478. The second-order valence-corrected chi connectivity index (χ2v) is 6.25. The molecule has 1 amide bonds. The molecule has 2 N–H and O–H groups in total. The molecule has 0 spiro atoms. The SMILES string of the molecule is Cc1ccc(C(=O)N(CCCN)C2CCCCC2)c(C)c1. The summed E-state index contributed by atoms with van der Waals surface area (Å²) in [6.07, 6.45) is 6.95. The summed E-state index contributed by atoms with van der Waals surface area (Å²) in [6, 6.07) is 6.50. The van der Waals surface area contributed by atoms with E-state index in [9.17, 15) is 4.79 Å². The number of rotatable bonds is 5. The van der Waals surface area contributed by atoms with Gasteiger partial charge < -0.3 is 10.6 Å². The zero-order valence-electron chi connectivity index (χ0n) is 13.4. The Hall–Kier alpha value is -1.35. The van der Waals surface area contributed by atoms with Crippen LogP contribution in [0.25, 0.3) is 0 Å². The van der Waals surface area contributed by atoms with Crippen LogP contribution in [0.4, 0.5) is 0 Å². The molecule has 0 aromatic heterocycles. The molecule has 1 aromatic carbocycles. The van der Waals surface area contributed by atoms with E-state index in [1.807, 2.05) is 19.1 Å². The number of carbonyl (C=O) groups is 1. The number of amides is 1. The van der Waals surface area contributed by atoms with Crippen molar-refractivity contribution in [2.75, 3.05) is 13.1 Å². The monoisotopic (exact) mass is 288 g/mol. The number of aryl methyl sites for hydroxylation is 2. The third-order valence-electron chi connectivity index (χ3n) is 4.49. The maximum absolute atomic E-state index is 13.0. The largest absolute Gasteiger partial charge is 0.336 e. The van der Waals surface area contributed by atoms with Gasteiger partial charge in [0.2, 0.25) is 0 Å². The van der Waals surface area contributed by atoms with Crippen LogP contribution in [-0.4, -0.2) is 29.9 Å². The Morgan fingerprint density at radius 1 is 1.24 bits per heavy atom. The van der Waals surface area contributed by atoms with Crippen LogP contribution in [0.15, 0.2) is 18.2 Å². The average molecular weight is 288 g/mol. The third kappa shape index (κ3) is 4.07. The molecule has 1 fully saturated rings. The van der Waals surface area contributed by atoms with Gasteiger partial charge in [-0.2, -0.15) is 0 Å². The quantitative estimate of drug-likeness (QED) is 0.902. The number of nitrogens with two attached hydrogens (primary N) is 1. The molecule has 0 bridgehead atoms. The second-order valence-electron chi connectivity index (χ2n) is 6.25. The lowest BCUT2D eigenvalue weighted by molar-refractivity contribution is 0.0632. The van der Waals surface area contributed by atoms with Gasteiger partial charge in [-0.15, -0.1) is 0 Å². The van der Waals surface area contributed by atoms with Gasteiger partial charge in [0.15, 0.2) is 0 Å². The summed E-state index contributed by atoms with van der Waals surface area (Å²) < 4.78 is 0. The summed E-state index contributed by atoms with van der Waals surface area (Å²) in [5, 5.41) is 0. The fourth-order valence-corrected chi connectivity index (χ4v) is 3.31. The first-order chi connectivity index (χ1) is 10.1. The minimum atomic E-state index is 0.188.